The molecule has 0 saturated heterocycles. The van der Waals surface area contributed by atoms with Crippen molar-refractivity contribution in [3.8, 4) is 5.75 Å². The van der Waals surface area contributed by atoms with E-state index in [-0.39, 0.29) is 16.9 Å². The second kappa shape index (κ2) is 8.54. The molecule has 8 nitrogen and oxygen atoms in total. The number of benzene rings is 2. The molecule has 0 fully saturated rings. The Morgan fingerprint density at radius 2 is 1.74 bits per heavy atom. The molecule has 9 heteroatoms. The number of hydrogen-bond donors (Lipinski definition) is 1. The monoisotopic (exact) mass is 391 g/mol. The fraction of sp³-hybridized carbons (Fsp3) is 0.222. The zero-order valence-electron chi connectivity index (χ0n) is 14.8. The second-order valence-corrected chi connectivity index (χ2v) is 7.48. The number of carboxylic acid groups (broad SMARTS) is 1. The Balaban J connectivity index is 2.22. The molecule has 27 heavy (non-hydrogen) atoms. The van der Waals surface area contributed by atoms with Crippen molar-refractivity contribution in [3.63, 3.8) is 0 Å². The first-order valence-electron chi connectivity index (χ1n) is 8.03. The molecule has 144 valence electrons. The molecule has 0 saturated carbocycles. The van der Waals surface area contributed by atoms with Gasteiger partial charge < -0.3 is 20.0 Å². The summed E-state index contributed by atoms with van der Waals surface area (Å²) in [4.78, 5) is 23.4. The van der Waals surface area contributed by atoms with E-state index in [0.29, 0.717) is 12.4 Å². The van der Waals surface area contributed by atoms with E-state index in [1.54, 1.807) is 18.2 Å². The van der Waals surface area contributed by atoms with Gasteiger partial charge in [-0.25, -0.2) is 8.42 Å². The van der Waals surface area contributed by atoms with Gasteiger partial charge in [0.1, 0.15) is 12.3 Å². The average Bonchev–Trinajstić information content (AvgIpc) is 2.60. The third-order valence-electron chi connectivity index (χ3n) is 3.54. The Bertz CT molecular complexity index is 925. The number of carbonyl (C=O) groups is 2. The molecule has 0 aliphatic heterocycles. The number of carboxylic acids is 1. The number of amides is 1. The molecule has 0 radical (unpaired) electrons. The Hall–Kier alpha value is -3.07. The molecule has 0 atom stereocenters. The molecule has 2 rings (SSSR count). The van der Waals surface area contributed by atoms with Crippen LogP contribution in [-0.2, 0) is 14.8 Å². The maximum absolute atomic E-state index is 12.3. The van der Waals surface area contributed by atoms with E-state index in [4.69, 9.17) is 4.74 Å². The van der Waals surface area contributed by atoms with Crippen LogP contribution in [0.3, 0.4) is 0 Å². The van der Waals surface area contributed by atoms with Gasteiger partial charge in [0.05, 0.1) is 24.5 Å². The number of carbonyl (C=O) groups excluding carboxylic acids is 2. The van der Waals surface area contributed by atoms with Gasteiger partial charge >= 0.3 is 0 Å². The summed E-state index contributed by atoms with van der Waals surface area (Å²) in [7, 11) is -3.75. The zero-order valence-corrected chi connectivity index (χ0v) is 15.7. The Labute approximate surface area is 157 Å². The highest BCUT2D eigenvalue weighted by Gasteiger charge is 2.21. The molecule has 0 bridgehead atoms. The van der Waals surface area contributed by atoms with E-state index >= 15 is 0 Å². The number of rotatable bonds is 8. The molecular weight excluding hydrogens is 372 g/mol. The lowest BCUT2D eigenvalue weighted by atomic mass is 10.2. The minimum Gasteiger partial charge on any atom is -0.545 e. The van der Waals surface area contributed by atoms with Crippen LogP contribution in [0.2, 0.25) is 0 Å². The number of nitrogens with zero attached hydrogens (tertiary/aromatic N) is 1. The predicted molar refractivity (Wildman–Crippen MR) is 99.2 cm³/mol. The third kappa shape index (κ3) is 5.45. The first-order valence-corrected chi connectivity index (χ1v) is 9.88. The highest BCUT2D eigenvalue weighted by atomic mass is 32.2. The maximum Gasteiger partial charge on any atom is 0.245 e. The van der Waals surface area contributed by atoms with Gasteiger partial charge in [-0.2, -0.15) is 0 Å². The summed E-state index contributed by atoms with van der Waals surface area (Å²) >= 11 is 0. The van der Waals surface area contributed by atoms with Crippen molar-refractivity contribution >= 4 is 33.3 Å². The summed E-state index contributed by atoms with van der Waals surface area (Å²) in [5.74, 6) is -1.57. The molecule has 2 aromatic rings. The molecule has 2 aromatic carbocycles. The van der Waals surface area contributed by atoms with Crippen LogP contribution in [0.4, 0.5) is 11.4 Å². The van der Waals surface area contributed by atoms with Gasteiger partial charge in [-0.1, -0.05) is 18.2 Å². The van der Waals surface area contributed by atoms with Crippen molar-refractivity contribution in [1.82, 2.24) is 0 Å². The van der Waals surface area contributed by atoms with Gasteiger partial charge in [-0.05, 0) is 37.3 Å². The molecule has 0 spiro atoms. The molecule has 0 aromatic heterocycles. The SMILES string of the molecule is CCOc1ccc(N(CC(=O)Nc2ccccc2C(=O)[O-])S(C)(=O)=O)cc1. The molecule has 0 aliphatic carbocycles. The lowest BCUT2D eigenvalue weighted by molar-refractivity contribution is -0.254. The van der Waals surface area contributed by atoms with Gasteiger partial charge in [-0.15, -0.1) is 0 Å². The van der Waals surface area contributed by atoms with Crippen molar-refractivity contribution in [2.24, 2.45) is 0 Å². The minimum absolute atomic E-state index is 0.0302. The van der Waals surface area contributed by atoms with Gasteiger partial charge in [0.15, 0.2) is 0 Å². The van der Waals surface area contributed by atoms with E-state index in [9.17, 15) is 23.1 Å². The van der Waals surface area contributed by atoms with E-state index in [0.717, 1.165) is 10.6 Å². The van der Waals surface area contributed by atoms with Crippen molar-refractivity contribution in [3.05, 3.63) is 54.1 Å². The van der Waals surface area contributed by atoms with Crippen LogP contribution < -0.4 is 19.5 Å². The topological polar surface area (TPSA) is 116 Å². The van der Waals surface area contributed by atoms with Gasteiger partial charge in [-0.3, -0.25) is 9.10 Å². The largest absolute Gasteiger partial charge is 0.545 e. The fourth-order valence-corrected chi connectivity index (χ4v) is 3.22. The number of aromatic carboxylic acids is 1. The quantitative estimate of drug-likeness (QED) is 0.713. The second-order valence-electron chi connectivity index (χ2n) is 5.58. The third-order valence-corrected chi connectivity index (χ3v) is 4.68. The first kappa shape index (κ1) is 20.2. The van der Waals surface area contributed by atoms with Crippen LogP contribution in [0.25, 0.3) is 0 Å². The Kier molecular flexibility index (Phi) is 6.40. The normalized spacial score (nSPS) is 10.9. The molecular formula is C18H19N2O6S-. The van der Waals surface area contributed by atoms with E-state index in [2.05, 4.69) is 5.32 Å². The Morgan fingerprint density at radius 3 is 2.30 bits per heavy atom. The average molecular weight is 391 g/mol. The molecule has 1 N–H and O–H groups in total. The van der Waals surface area contributed by atoms with Crippen LogP contribution in [0, 0.1) is 0 Å². The van der Waals surface area contributed by atoms with Crippen molar-refractivity contribution in [2.45, 2.75) is 6.92 Å². The van der Waals surface area contributed by atoms with E-state index in [1.807, 2.05) is 6.92 Å². The number of nitrogens with one attached hydrogen (secondary N) is 1. The summed E-state index contributed by atoms with van der Waals surface area (Å²) < 4.78 is 30.5. The maximum atomic E-state index is 12.3. The molecule has 0 heterocycles. The minimum atomic E-state index is -3.75. The summed E-state index contributed by atoms with van der Waals surface area (Å²) in [5, 5.41) is 13.5. The van der Waals surface area contributed by atoms with Crippen molar-refractivity contribution in [2.75, 3.05) is 29.0 Å². The zero-order chi connectivity index (χ0) is 20.0. The number of hydrogen-bond acceptors (Lipinski definition) is 6. The van der Waals surface area contributed by atoms with E-state index in [1.165, 1.54) is 30.3 Å². The number of ether oxygens (including phenoxy) is 1. The van der Waals surface area contributed by atoms with Gasteiger partial charge in [0.2, 0.25) is 15.9 Å². The smallest absolute Gasteiger partial charge is 0.245 e. The summed E-state index contributed by atoms with van der Waals surface area (Å²) in [6.07, 6.45) is 0.978. The van der Waals surface area contributed by atoms with Gasteiger partial charge in [0, 0.05) is 11.3 Å². The number of para-hydroxylation sites is 1. The van der Waals surface area contributed by atoms with E-state index < -0.39 is 28.4 Å². The van der Waals surface area contributed by atoms with Crippen LogP contribution in [0.15, 0.2) is 48.5 Å². The lowest BCUT2D eigenvalue weighted by Crippen LogP contribution is -2.37. The fourth-order valence-electron chi connectivity index (χ4n) is 2.37. The standard InChI is InChI=1S/C18H20N2O6S/c1-3-26-14-10-8-13(9-11-14)20(27(2,24)25)12-17(21)19-16-7-5-4-6-15(16)18(22)23/h4-11H,3,12H2,1-2H3,(H,19,21)(H,22,23)/p-1. The van der Waals surface area contributed by atoms with Crippen LogP contribution in [0.1, 0.15) is 17.3 Å². The first-order chi connectivity index (χ1) is 12.7. The molecule has 0 unspecified atom stereocenters. The Morgan fingerprint density at radius 1 is 1.11 bits per heavy atom. The highest BCUT2D eigenvalue weighted by molar-refractivity contribution is 7.92. The van der Waals surface area contributed by atoms with Crippen LogP contribution in [0.5, 0.6) is 5.75 Å². The number of sulfonamides is 1. The molecule has 1 amide bonds. The van der Waals surface area contributed by atoms with Gasteiger partial charge in [0.25, 0.3) is 0 Å². The summed E-state index contributed by atoms with van der Waals surface area (Å²) in [5.41, 5.74) is 0.116. The highest BCUT2D eigenvalue weighted by Crippen LogP contribution is 2.22. The van der Waals surface area contributed by atoms with Crippen LogP contribution in [-0.4, -0.2) is 39.7 Å². The lowest BCUT2D eigenvalue weighted by Gasteiger charge is -2.22. The summed E-state index contributed by atoms with van der Waals surface area (Å²) in [6.45, 7) is 1.77. The predicted octanol–water partition coefficient (Wildman–Crippen LogP) is 0.853. The summed E-state index contributed by atoms with van der Waals surface area (Å²) in [6, 6.07) is 12.0. The number of anilines is 2. The van der Waals surface area contributed by atoms with Crippen molar-refractivity contribution < 1.29 is 27.9 Å². The van der Waals surface area contributed by atoms with Crippen molar-refractivity contribution in [1.29, 1.82) is 0 Å². The van der Waals surface area contributed by atoms with Crippen LogP contribution >= 0.6 is 0 Å². The molecule has 0 aliphatic rings.